The van der Waals surface area contributed by atoms with Gasteiger partial charge < -0.3 is 10.0 Å². The van der Waals surface area contributed by atoms with Gasteiger partial charge in [0.15, 0.2) is 0 Å². The minimum absolute atomic E-state index is 0.351. The molecule has 3 heteroatoms. The average molecular weight is 277 g/mol. The van der Waals surface area contributed by atoms with E-state index in [0.717, 1.165) is 13.0 Å². The standard InChI is InChI=1S/C17H27NO2/c1-5-6-7-11-18(12-15(4)17(19)20)16-13(2)9-8-10-14(16)3/h8-10,15H,5-7,11-12H2,1-4H3,(H,19,20). The van der Waals surface area contributed by atoms with Crippen molar-refractivity contribution in [2.45, 2.75) is 47.0 Å². The molecule has 0 amide bonds. The van der Waals surface area contributed by atoms with Gasteiger partial charge >= 0.3 is 5.97 Å². The van der Waals surface area contributed by atoms with E-state index in [0.29, 0.717) is 6.54 Å². The van der Waals surface area contributed by atoms with E-state index in [4.69, 9.17) is 5.11 Å². The molecule has 1 aromatic carbocycles. The van der Waals surface area contributed by atoms with Crippen LogP contribution in [-0.2, 0) is 4.79 Å². The molecule has 0 aromatic heterocycles. The van der Waals surface area contributed by atoms with Crippen molar-refractivity contribution >= 4 is 11.7 Å². The van der Waals surface area contributed by atoms with Gasteiger partial charge in [-0.15, -0.1) is 0 Å². The van der Waals surface area contributed by atoms with Crippen molar-refractivity contribution in [2.75, 3.05) is 18.0 Å². The van der Waals surface area contributed by atoms with Gasteiger partial charge in [0.25, 0.3) is 0 Å². The maximum atomic E-state index is 11.1. The van der Waals surface area contributed by atoms with E-state index in [9.17, 15) is 4.79 Å². The zero-order chi connectivity index (χ0) is 15.1. The molecule has 1 atom stereocenters. The second kappa shape index (κ2) is 7.93. The second-order valence-corrected chi connectivity index (χ2v) is 5.63. The summed E-state index contributed by atoms with van der Waals surface area (Å²) in [6, 6.07) is 6.25. The van der Waals surface area contributed by atoms with E-state index >= 15 is 0 Å². The number of aliphatic carboxylic acids is 1. The molecule has 112 valence electrons. The molecular formula is C17H27NO2. The second-order valence-electron chi connectivity index (χ2n) is 5.63. The number of hydrogen-bond donors (Lipinski definition) is 1. The number of anilines is 1. The van der Waals surface area contributed by atoms with Crippen LogP contribution in [0.5, 0.6) is 0 Å². The molecule has 0 aliphatic rings. The van der Waals surface area contributed by atoms with Crippen LogP contribution in [0.25, 0.3) is 0 Å². The average Bonchev–Trinajstić information content (AvgIpc) is 2.38. The Hall–Kier alpha value is -1.51. The largest absolute Gasteiger partial charge is 0.481 e. The zero-order valence-corrected chi connectivity index (χ0v) is 13.1. The predicted octanol–water partition coefficient (Wildman–Crippen LogP) is 4.02. The van der Waals surface area contributed by atoms with Crippen LogP contribution in [0.2, 0.25) is 0 Å². The molecule has 0 heterocycles. The lowest BCUT2D eigenvalue weighted by Crippen LogP contribution is -2.33. The summed E-state index contributed by atoms with van der Waals surface area (Å²) in [5, 5.41) is 9.16. The normalized spacial score (nSPS) is 12.2. The first-order valence-electron chi connectivity index (χ1n) is 7.51. The van der Waals surface area contributed by atoms with Crippen LogP contribution in [0.3, 0.4) is 0 Å². The van der Waals surface area contributed by atoms with Crippen molar-refractivity contribution in [2.24, 2.45) is 5.92 Å². The Morgan fingerprint density at radius 1 is 1.25 bits per heavy atom. The van der Waals surface area contributed by atoms with E-state index in [1.54, 1.807) is 6.92 Å². The number of benzene rings is 1. The molecule has 1 N–H and O–H groups in total. The van der Waals surface area contributed by atoms with Gasteiger partial charge in [-0.1, -0.05) is 44.9 Å². The topological polar surface area (TPSA) is 40.5 Å². The summed E-state index contributed by atoms with van der Waals surface area (Å²) >= 11 is 0. The third-order valence-corrected chi connectivity index (χ3v) is 3.70. The highest BCUT2D eigenvalue weighted by molar-refractivity contribution is 5.71. The Balaban J connectivity index is 2.93. The Labute approximate surface area is 122 Å². The van der Waals surface area contributed by atoms with Crippen LogP contribution in [0.4, 0.5) is 5.69 Å². The monoisotopic (exact) mass is 277 g/mol. The van der Waals surface area contributed by atoms with E-state index in [1.807, 2.05) is 0 Å². The number of unbranched alkanes of at least 4 members (excludes halogenated alkanes) is 2. The third-order valence-electron chi connectivity index (χ3n) is 3.70. The van der Waals surface area contributed by atoms with E-state index in [2.05, 4.69) is 43.9 Å². The van der Waals surface area contributed by atoms with E-state index < -0.39 is 5.97 Å². The Kier molecular flexibility index (Phi) is 6.56. The quantitative estimate of drug-likeness (QED) is 0.730. The number of aryl methyl sites for hydroxylation is 2. The maximum absolute atomic E-state index is 11.1. The molecule has 0 saturated heterocycles. The highest BCUT2D eigenvalue weighted by atomic mass is 16.4. The van der Waals surface area contributed by atoms with Crippen LogP contribution in [0.1, 0.15) is 44.2 Å². The molecule has 1 aromatic rings. The molecule has 0 spiro atoms. The van der Waals surface area contributed by atoms with Crippen molar-refractivity contribution in [3.05, 3.63) is 29.3 Å². The summed E-state index contributed by atoms with van der Waals surface area (Å²) in [4.78, 5) is 13.4. The first-order chi connectivity index (χ1) is 9.47. The summed E-state index contributed by atoms with van der Waals surface area (Å²) in [6.07, 6.45) is 3.47. The number of carbonyl (C=O) groups is 1. The number of para-hydroxylation sites is 1. The molecule has 20 heavy (non-hydrogen) atoms. The molecule has 0 aliphatic heterocycles. The number of carboxylic acids is 1. The minimum Gasteiger partial charge on any atom is -0.481 e. The van der Waals surface area contributed by atoms with Crippen LogP contribution in [0.15, 0.2) is 18.2 Å². The number of nitrogens with zero attached hydrogens (tertiary/aromatic N) is 1. The lowest BCUT2D eigenvalue weighted by molar-refractivity contribution is -0.140. The SMILES string of the molecule is CCCCCN(CC(C)C(=O)O)c1c(C)cccc1C. The number of rotatable bonds is 8. The van der Waals surface area contributed by atoms with Gasteiger partial charge in [0.1, 0.15) is 0 Å². The van der Waals surface area contributed by atoms with E-state index in [-0.39, 0.29) is 5.92 Å². The van der Waals surface area contributed by atoms with E-state index in [1.165, 1.54) is 29.7 Å². The maximum Gasteiger partial charge on any atom is 0.308 e. The molecule has 3 nitrogen and oxygen atoms in total. The predicted molar refractivity (Wildman–Crippen MR) is 84.5 cm³/mol. The number of carboxylic acid groups (broad SMARTS) is 1. The van der Waals surface area contributed by atoms with Crippen LogP contribution >= 0.6 is 0 Å². The minimum atomic E-state index is -0.725. The highest BCUT2D eigenvalue weighted by Gasteiger charge is 2.18. The third kappa shape index (κ3) is 4.55. The molecule has 1 unspecified atom stereocenters. The summed E-state index contributed by atoms with van der Waals surface area (Å²) in [5.41, 5.74) is 3.65. The molecule has 0 fully saturated rings. The van der Waals surface area contributed by atoms with Gasteiger partial charge in [0.05, 0.1) is 5.92 Å². The van der Waals surface area contributed by atoms with Crippen molar-refractivity contribution in [1.82, 2.24) is 0 Å². The Bertz CT molecular complexity index is 422. The Morgan fingerprint density at radius 2 is 1.85 bits per heavy atom. The van der Waals surface area contributed by atoms with Gasteiger partial charge in [-0.2, -0.15) is 0 Å². The summed E-state index contributed by atoms with van der Waals surface area (Å²) in [6.45, 7) is 9.66. The summed E-state index contributed by atoms with van der Waals surface area (Å²) < 4.78 is 0. The van der Waals surface area contributed by atoms with Crippen molar-refractivity contribution in [1.29, 1.82) is 0 Å². The van der Waals surface area contributed by atoms with Gasteiger partial charge in [-0.05, 0) is 31.4 Å². The highest BCUT2D eigenvalue weighted by Crippen LogP contribution is 2.26. The smallest absolute Gasteiger partial charge is 0.308 e. The fourth-order valence-corrected chi connectivity index (χ4v) is 2.56. The van der Waals surface area contributed by atoms with Crippen molar-refractivity contribution < 1.29 is 9.90 Å². The summed E-state index contributed by atoms with van der Waals surface area (Å²) in [7, 11) is 0. The fraction of sp³-hybridized carbons (Fsp3) is 0.588. The molecule has 0 saturated carbocycles. The first kappa shape index (κ1) is 16.5. The van der Waals surface area contributed by atoms with Gasteiger partial charge in [0, 0.05) is 18.8 Å². The van der Waals surface area contributed by atoms with Crippen LogP contribution in [-0.4, -0.2) is 24.2 Å². The van der Waals surface area contributed by atoms with Gasteiger partial charge in [-0.25, -0.2) is 0 Å². The van der Waals surface area contributed by atoms with Gasteiger partial charge in [0.2, 0.25) is 0 Å². The number of hydrogen-bond acceptors (Lipinski definition) is 2. The lowest BCUT2D eigenvalue weighted by Gasteiger charge is -2.29. The fourth-order valence-electron chi connectivity index (χ4n) is 2.56. The van der Waals surface area contributed by atoms with Gasteiger partial charge in [-0.3, -0.25) is 4.79 Å². The Morgan fingerprint density at radius 3 is 2.35 bits per heavy atom. The molecular weight excluding hydrogens is 250 g/mol. The molecule has 0 aliphatic carbocycles. The lowest BCUT2D eigenvalue weighted by atomic mass is 10.0. The van der Waals surface area contributed by atoms with Crippen molar-refractivity contribution in [3.63, 3.8) is 0 Å². The first-order valence-corrected chi connectivity index (χ1v) is 7.51. The van der Waals surface area contributed by atoms with Crippen molar-refractivity contribution in [3.8, 4) is 0 Å². The van der Waals surface area contributed by atoms with Crippen LogP contribution in [0, 0.1) is 19.8 Å². The summed E-state index contributed by atoms with van der Waals surface area (Å²) in [5.74, 6) is -1.08. The molecule has 0 bridgehead atoms. The zero-order valence-electron chi connectivity index (χ0n) is 13.1. The molecule has 1 rings (SSSR count). The molecule has 0 radical (unpaired) electrons. The van der Waals surface area contributed by atoms with Crippen LogP contribution < -0.4 is 4.90 Å².